The number of nitrogens with zero attached hydrogens (tertiary/aromatic N) is 2. The van der Waals surface area contributed by atoms with Crippen LogP contribution in [-0.2, 0) is 0 Å². The van der Waals surface area contributed by atoms with Crippen molar-refractivity contribution in [1.82, 2.24) is 15.4 Å². The first-order valence-corrected chi connectivity index (χ1v) is 9.97. The van der Waals surface area contributed by atoms with Gasteiger partial charge in [0.2, 0.25) is 0 Å². The average Bonchev–Trinajstić information content (AvgIpc) is 3.20. The highest BCUT2D eigenvalue weighted by Gasteiger charge is 2.27. The molecule has 2 aliphatic rings. The molecule has 1 amide bonds. The lowest BCUT2D eigenvalue weighted by molar-refractivity contribution is 0.0857. The van der Waals surface area contributed by atoms with E-state index in [4.69, 9.17) is 4.52 Å². The third-order valence-electron chi connectivity index (χ3n) is 5.84. The summed E-state index contributed by atoms with van der Waals surface area (Å²) in [6.07, 6.45) is 8.61. The molecule has 0 spiro atoms. The minimum Gasteiger partial charge on any atom is -0.355 e. The van der Waals surface area contributed by atoms with Gasteiger partial charge in [-0.3, -0.25) is 4.79 Å². The molecule has 5 nitrogen and oxygen atoms in total. The van der Waals surface area contributed by atoms with E-state index in [1.165, 1.54) is 44.2 Å². The molecule has 0 unspecified atom stereocenters. The van der Waals surface area contributed by atoms with Crippen LogP contribution in [0.1, 0.15) is 55.4 Å². The molecule has 1 aromatic carbocycles. The largest absolute Gasteiger partial charge is 0.355 e. The summed E-state index contributed by atoms with van der Waals surface area (Å²) >= 11 is 0. The van der Waals surface area contributed by atoms with E-state index in [-0.39, 0.29) is 23.4 Å². The van der Waals surface area contributed by atoms with E-state index in [9.17, 15) is 9.18 Å². The van der Waals surface area contributed by atoms with Crippen molar-refractivity contribution in [2.75, 3.05) is 13.1 Å². The number of hydrogen-bond donors (Lipinski definition) is 1. The van der Waals surface area contributed by atoms with Crippen LogP contribution in [0.25, 0.3) is 11.3 Å². The third-order valence-corrected chi connectivity index (χ3v) is 5.84. The van der Waals surface area contributed by atoms with Gasteiger partial charge in [0.1, 0.15) is 5.82 Å². The van der Waals surface area contributed by atoms with Crippen LogP contribution in [0.5, 0.6) is 0 Å². The Bertz CT molecular complexity index is 777. The van der Waals surface area contributed by atoms with Crippen LogP contribution in [0.3, 0.4) is 0 Å². The Kier molecular flexibility index (Phi) is 5.53. The standard InChI is InChI=1S/C21H26FN3O2/c22-18-9-5-4-8-17(18)20-14-19(24-27-20)21(26)23-15-10-12-25(13-11-15)16-6-2-1-3-7-16/h4-5,8-9,14-16H,1-3,6-7,10-13H2,(H,23,26). The van der Waals surface area contributed by atoms with Gasteiger partial charge in [-0.05, 0) is 37.8 Å². The van der Waals surface area contributed by atoms with Gasteiger partial charge in [-0.15, -0.1) is 0 Å². The number of nitrogens with one attached hydrogen (secondary N) is 1. The lowest BCUT2D eigenvalue weighted by atomic mass is 9.92. The number of halogens is 1. The van der Waals surface area contributed by atoms with Crippen LogP contribution in [-0.4, -0.2) is 41.1 Å². The number of amides is 1. The quantitative estimate of drug-likeness (QED) is 0.882. The van der Waals surface area contributed by atoms with Crippen molar-refractivity contribution in [3.8, 4) is 11.3 Å². The molecule has 2 fully saturated rings. The van der Waals surface area contributed by atoms with Gasteiger partial charge in [-0.1, -0.05) is 36.6 Å². The van der Waals surface area contributed by atoms with Crippen LogP contribution in [0.2, 0.25) is 0 Å². The fraction of sp³-hybridized carbons (Fsp3) is 0.524. The van der Waals surface area contributed by atoms with Crippen LogP contribution in [0.4, 0.5) is 4.39 Å². The van der Waals surface area contributed by atoms with Crippen LogP contribution >= 0.6 is 0 Å². The summed E-state index contributed by atoms with van der Waals surface area (Å²) in [5, 5.41) is 6.88. The smallest absolute Gasteiger partial charge is 0.273 e. The van der Waals surface area contributed by atoms with Crippen molar-refractivity contribution in [2.45, 2.75) is 57.0 Å². The maximum absolute atomic E-state index is 13.9. The van der Waals surface area contributed by atoms with Gasteiger partial charge in [-0.2, -0.15) is 0 Å². The molecule has 1 saturated heterocycles. The molecule has 6 heteroatoms. The monoisotopic (exact) mass is 371 g/mol. The lowest BCUT2D eigenvalue weighted by Gasteiger charge is -2.39. The zero-order valence-electron chi connectivity index (χ0n) is 15.5. The van der Waals surface area contributed by atoms with Crippen molar-refractivity contribution in [2.24, 2.45) is 0 Å². The molecule has 1 aliphatic heterocycles. The average molecular weight is 371 g/mol. The fourth-order valence-corrected chi connectivity index (χ4v) is 4.28. The molecule has 0 radical (unpaired) electrons. The summed E-state index contributed by atoms with van der Waals surface area (Å²) in [4.78, 5) is 15.1. The predicted molar refractivity (Wildman–Crippen MR) is 101 cm³/mol. The summed E-state index contributed by atoms with van der Waals surface area (Å²) in [6.45, 7) is 2.07. The van der Waals surface area contributed by atoms with E-state index in [0.29, 0.717) is 5.56 Å². The summed E-state index contributed by atoms with van der Waals surface area (Å²) in [7, 11) is 0. The van der Waals surface area contributed by atoms with Crippen molar-refractivity contribution >= 4 is 5.91 Å². The zero-order chi connectivity index (χ0) is 18.6. The molecule has 0 bridgehead atoms. The topological polar surface area (TPSA) is 58.4 Å². The minimum absolute atomic E-state index is 0.158. The summed E-state index contributed by atoms with van der Waals surface area (Å²) in [5.41, 5.74) is 0.507. The molecule has 1 saturated carbocycles. The van der Waals surface area contributed by atoms with Crippen LogP contribution in [0, 0.1) is 5.82 Å². The lowest BCUT2D eigenvalue weighted by Crippen LogP contribution is -2.48. The number of piperidine rings is 1. The summed E-state index contributed by atoms with van der Waals surface area (Å²) < 4.78 is 19.0. The van der Waals surface area contributed by atoms with E-state index in [2.05, 4.69) is 15.4 Å². The normalized spacial score (nSPS) is 19.9. The number of carbonyl (C=O) groups excluding carboxylic acids is 1. The second kappa shape index (κ2) is 8.21. The van der Waals surface area contributed by atoms with Gasteiger partial charge in [0.25, 0.3) is 5.91 Å². The van der Waals surface area contributed by atoms with Crippen LogP contribution in [0.15, 0.2) is 34.9 Å². The second-order valence-corrected chi connectivity index (χ2v) is 7.63. The van der Waals surface area contributed by atoms with E-state index in [1.807, 2.05) is 0 Å². The number of likely N-dealkylation sites (tertiary alicyclic amines) is 1. The Morgan fingerprint density at radius 1 is 1.11 bits per heavy atom. The fourth-order valence-electron chi connectivity index (χ4n) is 4.28. The molecule has 1 aliphatic carbocycles. The number of aromatic nitrogens is 1. The Morgan fingerprint density at radius 2 is 1.85 bits per heavy atom. The van der Waals surface area contributed by atoms with E-state index in [1.54, 1.807) is 18.2 Å². The molecule has 4 rings (SSSR count). The van der Waals surface area contributed by atoms with Crippen molar-refractivity contribution in [3.63, 3.8) is 0 Å². The molecule has 1 N–H and O–H groups in total. The van der Waals surface area contributed by atoms with Gasteiger partial charge >= 0.3 is 0 Å². The van der Waals surface area contributed by atoms with Crippen molar-refractivity contribution in [1.29, 1.82) is 0 Å². The molecular weight excluding hydrogens is 345 g/mol. The van der Waals surface area contributed by atoms with E-state index < -0.39 is 5.82 Å². The van der Waals surface area contributed by atoms with Gasteiger partial charge < -0.3 is 14.7 Å². The summed E-state index contributed by atoms with van der Waals surface area (Å²) in [6, 6.07) is 8.70. The number of carbonyl (C=O) groups is 1. The molecule has 144 valence electrons. The Labute approximate surface area is 158 Å². The minimum atomic E-state index is -0.393. The molecule has 1 aromatic heterocycles. The Balaban J connectivity index is 1.32. The number of benzene rings is 1. The highest BCUT2D eigenvalue weighted by Crippen LogP contribution is 2.26. The van der Waals surface area contributed by atoms with Crippen LogP contribution < -0.4 is 5.32 Å². The first kappa shape index (κ1) is 18.2. The Morgan fingerprint density at radius 3 is 2.59 bits per heavy atom. The molecule has 0 atom stereocenters. The van der Waals surface area contributed by atoms with Crippen molar-refractivity contribution in [3.05, 3.63) is 41.8 Å². The highest BCUT2D eigenvalue weighted by molar-refractivity contribution is 5.93. The molecule has 2 aromatic rings. The Hall–Kier alpha value is -2.21. The van der Waals surface area contributed by atoms with E-state index in [0.717, 1.165) is 32.0 Å². The number of rotatable bonds is 4. The maximum atomic E-state index is 13.9. The second-order valence-electron chi connectivity index (χ2n) is 7.63. The third kappa shape index (κ3) is 4.21. The SMILES string of the molecule is O=C(NC1CCN(C2CCCCC2)CC1)c1cc(-c2ccccc2F)on1. The highest BCUT2D eigenvalue weighted by atomic mass is 19.1. The first-order valence-electron chi connectivity index (χ1n) is 9.97. The maximum Gasteiger partial charge on any atom is 0.273 e. The van der Waals surface area contributed by atoms with E-state index >= 15 is 0 Å². The summed E-state index contributed by atoms with van der Waals surface area (Å²) in [5.74, 6) is -0.376. The van der Waals surface area contributed by atoms with Gasteiger partial charge in [-0.25, -0.2) is 4.39 Å². The molecule has 27 heavy (non-hydrogen) atoms. The van der Waals surface area contributed by atoms with Gasteiger partial charge in [0.05, 0.1) is 5.56 Å². The number of hydrogen-bond acceptors (Lipinski definition) is 4. The first-order chi connectivity index (χ1) is 13.2. The van der Waals surface area contributed by atoms with Gasteiger partial charge in [0, 0.05) is 31.2 Å². The predicted octanol–water partition coefficient (Wildman–Crippen LogP) is 4.01. The zero-order valence-corrected chi connectivity index (χ0v) is 15.5. The van der Waals surface area contributed by atoms with Gasteiger partial charge in [0.15, 0.2) is 11.5 Å². The van der Waals surface area contributed by atoms with Crippen molar-refractivity contribution < 1.29 is 13.7 Å². The molecular formula is C21H26FN3O2. The molecule has 2 heterocycles.